The van der Waals surface area contributed by atoms with Gasteiger partial charge in [-0.25, -0.2) is 5.43 Å². The average Bonchev–Trinajstić information content (AvgIpc) is 3.34. The Hall–Kier alpha value is -2.18. The molecule has 0 atom stereocenters. The van der Waals surface area contributed by atoms with E-state index in [-0.39, 0.29) is 5.91 Å². The van der Waals surface area contributed by atoms with E-state index in [1.54, 1.807) is 11.3 Å². The van der Waals surface area contributed by atoms with Crippen LogP contribution in [0.2, 0.25) is 0 Å². The monoisotopic (exact) mass is 384 g/mol. The fourth-order valence-corrected chi connectivity index (χ4v) is 4.30. The smallest absolute Gasteiger partial charge is 0.273 e. The van der Waals surface area contributed by atoms with Crippen molar-refractivity contribution in [3.8, 4) is 0 Å². The Balaban J connectivity index is 2.05. The van der Waals surface area contributed by atoms with Gasteiger partial charge >= 0.3 is 0 Å². The second-order valence-corrected chi connectivity index (χ2v) is 8.06. The van der Waals surface area contributed by atoms with E-state index in [1.165, 1.54) is 16.8 Å². The van der Waals surface area contributed by atoms with Crippen molar-refractivity contribution in [3.63, 3.8) is 0 Å². The van der Waals surface area contributed by atoms with Gasteiger partial charge in [-0.3, -0.25) is 9.69 Å². The molecule has 3 heterocycles. The van der Waals surface area contributed by atoms with Crippen molar-refractivity contribution < 1.29 is 4.79 Å². The summed E-state index contributed by atoms with van der Waals surface area (Å²) < 4.78 is 0. The number of hydrazone groups is 1. The van der Waals surface area contributed by atoms with E-state index in [4.69, 9.17) is 0 Å². The summed E-state index contributed by atoms with van der Waals surface area (Å²) in [7, 11) is 0. The lowest BCUT2D eigenvalue weighted by Crippen LogP contribution is -2.23. The molecule has 0 radical (unpaired) electrons. The molecule has 27 heavy (non-hydrogen) atoms. The van der Waals surface area contributed by atoms with Gasteiger partial charge < -0.3 is 4.98 Å². The molecule has 0 aromatic carbocycles. The van der Waals surface area contributed by atoms with Crippen LogP contribution in [0.1, 0.15) is 61.0 Å². The first-order valence-electron chi connectivity index (χ1n) is 9.53. The van der Waals surface area contributed by atoms with Gasteiger partial charge in [0.25, 0.3) is 5.91 Å². The molecule has 0 aliphatic carbocycles. The summed E-state index contributed by atoms with van der Waals surface area (Å²) in [5.74, 6) is 0.213. The molecule has 2 N–H and O–H groups in total. The highest BCUT2D eigenvalue weighted by atomic mass is 32.1. The van der Waals surface area contributed by atoms with E-state index in [9.17, 15) is 4.79 Å². The highest BCUT2D eigenvalue weighted by Crippen LogP contribution is 2.31. The number of nitrogens with one attached hydrogen (secondary N) is 2. The number of aromatic amines is 1. The Kier molecular flexibility index (Phi) is 5.97. The normalized spacial score (nSPS) is 15.9. The maximum Gasteiger partial charge on any atom is 0.273 e. The number of carbonyl (C=O) groups excluding carboxylic acids is 1. The zero-order chi connectivity index (χ0) is 19.6. The number of nitrogens with zero attached hydrogens (tertiary/aromatic N) is 2. The van der Waals surface area contributed by atoms with Gasteiger partial charge in [-0.05, 0) is 54.6 Å². The number of aryl methyl sites for hydroxylation is 1. The van der Waals surface area contributed by atoms with Crippen molar-refractivity contribution in [2.45, 2.75) is 47.1 Å². The second kappa shape index (κ2) is 8.23. The van der Waals surface area contributed by atoms with Crippen LogP contribution in [-0.2, 0) is 11.3 Å². The van der Waals surface area contributed by atoms with E-state index in [2.05, 4.69) is 55.0 Å². The van der Waals surface area contributed by atoms with Gasteiger partial charge in [0.2, 0.25) is 0 Å². The van der Waals surface area contributed by atoms with Crippen LogP contribution >= 0.6 is 11.3 Å². The first-order valence-corrected chi connectivity index (χ1v) is 10.4. The maximum absolute atomic E-state index is 12.4. The number of thiophene rings is 1. The fourth-order valence-electron chi connectivity index (χ4n) is 3.57. The molecule has 0 spiro atoms. The molecule has 1 aliphatic heterocycles. The van der Waals surface area contributed by atoms with Gasteiger partial charge in [-0.1, -0.05) is 33.8 Å². The van der Waals surface area contributed by atoms with E-state index in [0.29, 0.717) is 11.5 Å². The molecule has 0 saturated carbocycles. The highest BCUT2D eigenvalue weighted by molar-refractivity contribution is 7.12. The van der Waals surface area contributed by atoms with Gasteiger partial charge in [-0.2, -0.15) is 5.10 Å². The molecule has 0 fully saturated rings. The van der Waals surface area contributed by atoms with E-state index >= 15 is 0 Å². The molecule has 6 heteroatoms. The number of aromatic nitrogens is 1. The lowest BCUT2D eigenvalue weighted by atomic mass is 9.95. The summed E-state index contributed by atoms with van der Waals surface area (Å²) in [5, 5.41) is 6.25. The maximum atomic E-state index is 12.4. The average molecular weight is 385 g/mol. The minimum atomic E-state index is -0.148. The Morgan fingerprint density at radius 1 is 1.30 bits per heavy atom. The van der Waals surface area contributed by atoms with Crippen LogP contribution < -0.4 is 5.43 Å². The quantitative estimate of drug-likeness (QED) is 0.701. The lowest BCUT2D eigenvalue weighted by Gasteiger charge is -2.20. The SMILES string of the molecule is CCN(CC)Cc1c(C)[nH]c(C=C2C(=O)NN=C2c2cccs2)c1C(C)C. The third-order valence-electron chi connectivity index (χ3n) is 5.06. The molecular weight excluding hydrogens is 356 g/mol. The van der Waals surface area contributed by atoms with Gasteiger partial charge in [0.1, 0.15) is 5.71 Å². The first-order chi connectivity index (χ1) is 13.0. The summed E-state index contributed by atoms with van der Waals surface area (Å²) in [6, 6.07) is 3.97. The molecule has 144 valence electrons. The van der Waals surface area contributed by atoms with Crippen LogP contribution in [0, 0.1) is 6.92 Å². The van der Waals surface area contributed by atoms with E-state index in [0.717, 1.165) is 35.9 Å². The second-order valence-electron chi connectivity index (χ2n) is 7.11. The van der Waals surface area contributed by atoms with E-state index in [1.807, 2.05) is 23.6 Å². The molecule has 2 aromatic rings. The number of amides is 1. The summed E-state index contributed by atoms with van der Waals surface area (Å²) in [4.78, 5) is 19.4. The number of hydrogen-bond donors (Lipinski definition) is 2. The van der Waals surface area contributed by atoms with Crippen molar-refractivity contribution in [2.75, 3.05) is 13.1 Å². The third kappa shape index (κ3) is 3.92. The molecule has 0 unspecified atom stereocenters. The van der Waals surface area contributed by atoms with Crippen molar-refractivity contribution in [2.24, 2.45) is 5.10 Å². The molecule has 0 saturated heterocycles. The zero-order valence-electron chi connectivity index (χ0n) is 16.7. The summed E-state index contributed by atoms with van der Waals surface area (Å²) >= 11 is 1.59. The predicted octanol–water partition coefficient (Wildman–Crippen LogP) is 4.27. The van der Waals surface area contributed by atoms with Gasteiger partial charge in [0.15, 0.2) is 0 Å². The Labute approximate surface area is 165 Å². The third-order valence-corrected chi connectivity index (χ3v) is 5.93. The van der Waals surface area contributed by atoms with Crippen LogP contribution in [0.4, 0.5) is 0 Å². The molecule has 1 amide bonds. The topological polar surface area (TPSA) is 60.5 Å². The van der Waals surface area contributed by atoms with Crippen molar-refractivity contribution >= 4 is 29.0 Å². The van der Waals surface area contributed by atoms with E-state index < -0.39 is 0 Å². The highest BCUT2D eigenvalue weighted by Gasteiger charge is 2.26. The molecule has 1 aliphatic rings. The Morgan fingerprint density at radius 3 is 2.63 bits per heavy atom. The van der Waals surface area contributed by atoms with Crippen LogP contribution in [0.3, 0.4) is 0 Å². The molecule has 2 aromatic heterocycles. The predicted molar refractivity (Wildman–Crippen MR) is 113 cm³/mol. The number of hydrogen-bond acceptors (Lipinski definition) is 4. The van der Waals surface area contributed by atoms with Gasteiger partial charge in [0.05, 0.1) is 10.5 Å². The van der Waals surface area contributed by atoms with Gasteiger partial charge in [-0.15, -0.1) is 11.3 Å². The minimum Gasteiger partial charge on any atom is -0.359 e. The largest absolute Gasteiger partial charge is 0.359 e. The standard InChI is InChI=1S/C21H28N4OS/c1-6-25(7-2)12-16-14(5)22-17(19(16)13(3)4)11-15-20(23-24-21(15)26)18-9-8-10-27-18/h8-11,13,22H,6-7,12H2,1-5H3,(H,24,26). The molecular formula is C21H28N4OS. The number of H-pyrrole nitrogens is 1. The summed E-state index contributed by atoms with van der Waals surface area (Å²) in [5.41, 5.74) is 8.78. The van der Waals surface area contributed by atoms with Crippen LogP contribution in [-0.4, -0.2) is 34.6 Å². The van der Waals surface area contributed by atoms with Crippen molar-refractivity contribution in [1.82, 2.24) is 15.3 Å². The first kappa shape index (κ1) is 19.6. The van der Waals surface area contributed by atoms with Crippen LogP contribution in [0.5, 0.6) is 0 Å². The van der Waals surface area contributed by atoms with Gasteiger partial charge in [0, 0.05) is 17.9 Å². The Morgan fingerprint density at radius 2 is 2.04 bits per heavy atom. The van der Waals surface area contributed by atoms with Crippen LogP contribution in [0.15, 0.2) is 28.2 Å². The van der Waals surface area contributed by atoms with Crippen LogP contribution in [0.25, 0.3) is 6.08 Å². The molecule has 0 bridgehead atoms. The number of carbonyl (C=O) groups is 1. The fraction of sp³-hybridized carbons (Fsp3) is 0.429. The molecule has 5 nitrogen and oxygen atoms in total. The zero-order valence-corrected chi connectivity index (χ0v) is 17.5. The molecule has 3 rings (SSSR count). The lowest BCUT2D eigenvalue weighted by molar-refractivity contribution is -0.116. The minimum absolute atomic E-state index is 0.148. The number of rotatable bonds is 7. The van der Waals surface area contributed by atoms with Crippen molar-refractivity contribution in [3.05, 3.63) is 50.5 Å². The van der Waals surface area contributed by atoms with Crippen molar-refractivity contribution in [1.29, 1.82) is 0 Å². The Bertz CT molecular complexity index is 870. The summed E-state index contributed by atoms with van der Waals surface area (Å²) in [6.07, 6.45) is 1.97. The summed E-state index contributed by atoms with van der Waals surface area (Å²) in [6.45, 7) is 13.9.